The summed E-state index contributed by atoms with van der Waals surface area (Å²) < 4.78 is 18.5. The van der Waals surface area contributed by atoms with Gasteiger partial charge in [0.1, 0.15) is 5.82 Å². The van der Waals surface area contributed by atoms with Crippen molar-refractivity contribution in [1.82, 2.24) is 0 Å². The van der Waals surface area contributed by atoms with Gasteiger partial charge in [-0.2, -0.15) is 0 Å². The van der Waals surface area contributed by atoms with Crippen molar-refractivity contribution in [2.75, 3.05) is 12.4 Å². The van der Waals surface area contributed by atoms with Gasteiger partial charge in [-0.1, -0.05) is 35.9 Å². The topological polar surface area (TPSA) is 21.3 Å². The second-order valence-corrected chi connectivity index (χ2v) is 4.59. The molecule has 2 rings (SSSR count). The van der Waals surface area contributed by atoms with Gasteiger partial charge in [0.25, 0.3) is 0 Å². The molecule has 0 heterocycles. The summed E-state index contributed by atoms with van der Waals surface area (Å²) in [6.07, 6.45) is 0. The molecule has 0 aliphatic rings. The van der Waals surface area contributed by atoms with Gasteiger partial charge in [0.2, 0.25) is 0 Å². The maximum atomic E-state index is 13.5. The molecule has 0 fully saturated rings. The Hall–Kier alpha value is -1.58. The Labute approximate surface area is 117 Å². The lowest BCUT2D eigenvalue weighted by Crippen LogP contribution is -2.02. The van der Waals surface area contributed by atoms with Gasteiger partial charge < -0.3 is 10.1 Å². The quantitative estimate of drug-likeness (QED) is 0.884. The first-order chi connectivity index (χ1) is 9.20. The number of benzene rings is 2. The molecule has 0 radical (unpaired) electrons. The first-order valence-electron chi connectivity index (χ1n) is 5.95. The van der Waals surface area contributed by atoms with Crippen molar-refractivity contribution in [2.24, 2.45) is 0 Å². The molecular formula is C15H15ClFNO. The van der Waals surface area contributed by atoms with Crippen LogP contribution in [0.3, 0.4) is 0 Å². The van der Waals surface area contributed by atoms with Crippen LogP contribution in [0, 0.1) is 5.82 Å². The lowest BCUT2D eigenvalue weighted by Gasteiger charge is -2.10. The van der Waals surface area contributed by atoms with Crippen molar-refractivity contribution >= 4 is 17.3 Å². The monoisotopic (exact) mass is 279 g/mol. The number of halogens is 2. The average Bonchev–Trinajstić information content (AvgIpc) is 2.41. The fourth-order valence-electron chi connectivity index (χ4n) is 1.77. The minimum Gasteiger partial charge on any atom is -0.381 e. The van der Waals surface area contributed by atoms with E-state index in [9.17, 15) is 4.39 Å². The van der Waals surface area contributed by atoms with Crippen LogP contribution in [0.2, 0.25) is 5.02 Å². The fraction of sp³-hybridized carbons (Fsp3) is 0.200. The van der Waals surface area contributed by atoms with Crippen LogP contribution in [0.25, 0.3) is 0 Å². The summed E-state index contributed by atoms with van der Waals surface area (Å²) >= 11 is 6.13. The van der Waals surface area contributed by atoms with Crippen molar-refractivity contribution in [3.63, 3.8) is 0 Å². The molecule has 0 saturated carbocycles. The molecule has 4 heteroatoms. The Kier molecular flexibility index (Phi) is 4.77. The lowest BCUT2D eigenvalue weighted by atomic mass is 10.2. The zero-order valence-corrected chi connectivity index (χ0v) is 11.4. The van der Waals surface area contributed by atoms with Gasteiger partial charge in [-0.3, -0.25) is 0 Å². The summed E-state index contributed by atoms with van der Waals surface area (Å²) in [5, 5.41) is 3.79. The number of rotatable bonds is 5. The van der Waals surface area contributed by atoms with E-state index >= 15 is 0 Å². The number of anilines is 1. The van der Waals surface area contributed by atoms with E-state index in [1.54, 1.807) is 19.2 Å². The second kappa shape index (κ2) is 6.55. The molecule has 1 N–H and O–H groups in total. The molecule has 0 spiro atoms. The highest BCUT2D eigenvalue weighted by atomic mass is 35.5. The minimum absolute atomic E-state index is 0.211. The zero-order chi connectivity index (χ0) is 13.7. The predicted molar refractivity (Wildman–Crippen MR) is 75.9 cm³/mol. The van der Waals surface area contributed by atoms with Crippen LogP contribution in [-0.4, -0.2) is 7.11 Å². The predicted octanol–water partition coefficient (Wildman–Crippen LogP) is 4.24. The summed E-state index contributed by atoms with van der Waals surface area (Å²) in [5.74, 6) is -0.211. The van der Waals surface area contributed by atoms with Crippen molar-refractivity contribution < 1.29 is 9.13 Å². The van der Waals surface area contributed by atoms with Crippen LogP contribution < -0.4 is 5.32 Å². The van der Waals surface area contributed by atoms with Gasteiger partial charge in [-0.05, 0) is 23.8 Å². The number of ether oxygens (including phenoxy) is 1. The Bertz CT molecular complexity index is 560. The normalized spacial score (nSPS) is 10.5. The molecule has 100 valence electrons. The highest BCUT2D eigenvalue weighted by Gasteiger charge is 2.03. The Morgan fingerprint density at radius 1 is 1.16 bits per heavy atom. The molecule has 2 nitrogen and oxygen atoms in total. The molecule has 0 amide bonds. The summed E-state index contributed by atoms with van der Waals surface area (Å²) in [6, 6.07) is 12.3. The standard InChI is InChI=1S/C15H15ClFNO/c1-19-10-12-6-7-13(8-14(12)16)18-9-11-4-2-3-5-15(11)17/h2-8,18H,9-10H2,1H3. The van der Waals surface area contributed by atoms with Gasteiger partial charge in [0.05, 0.1) is 6.61 Å². The first kappa shape index (κ1) is 13.8. The van der Waals surface area contributed by atoms with Gasteiger partial charge in [-0.15, -0.1) is 0 Å². The molecule has 0 aliphatic heterocycles. The largest absolute Gasteiger partial charge is 0.381 e. The van der Waals surface area contributed by atoms with E-state index in [0.717, 1.165) is 11.3 Å². The van der Waals surface area contributed by atoms with E-state index in [-0.39, 0.29) is 5.82 Å². The van der Waals surface area contributed by atoms with E-state index in [1.165, 1.54) is 6.07 Å². The van der Waals surface area contributed by atoms with Crippen molar-refractivity contribution in [3.8, 4) is 0 Å². The summed E-state index contributed by atoms with van der Waals surface area (Å²) in [5.41, 5.74) is 2.41. The third kappa shape index (κ3) is 3.69. The van der Waals surface area contributed by atoms with Crippen LogP contribution in [0.4, 0.5) is 10.1 Å². The maximum Gasteiger partial charge on any atom is 0.128 e. The smallest absolute Gasteiger partial charge is 0.128 e. The maximum absolute atomic E-state index is 13.5. The van der Waals surface area contributed by atoms with Gasteiger partial charge in [0.15, 0.2) is 0 Å². The molecule has 2 aromatic carbocycles. The Morgan fingerprint density at radius 2 is 1.95 bits per heavy atom. The second-order valence-electron chi connectivity index (χ2n) is 4.18. The fourth-order valence-corrected chi connectivity index (χ4v) is 2.00. The van der Waals surface area contributed by atoms with Crippen LogP contribution >= 0.6 is 11.6 Å². The number of hydrogen-bond donors (Lipinski definition) is 1. The Morgan fingerprint density at radius 3 is 2.63 bits per heavy atom. The van der Waals surface area contributed by atoms with E-state index in [1.807, 2.05) is 24.3 Å². The molecule has 0 unspecified atom stereocenters. The molecule has 0 aliphatic carbocycles. The zero-order valence-electron chi connectivity index (χ0n) is 10.6. The van der Waals surface area contributed by atoms with Crippen molar-refractivity contribution in [1.29, 1.82) is 0 Å². The van der Waals surface area contributed by atoms with Gasteiger partial charge in [-0.25, -0.2) is 4.39 Å². The van der Waals surface area contributed by atoms with Crippen LogP contribution in [0.5, 0.6) is 0 Å². The summed E-state index contributed by atoms with van der Waals surface area (Å²) in [7, 11) is 1.63. The van der Waals surface area contributed by atoms with Crippen molar-refractivity contribution in [3.05, 3.63) is 64.4 Å². The molecule has 2 aromatic rings. The van der Waals surface area contributed by atoms with Gasteiger partial charge in [0, 0.05) is 29.9 Å². The van der Waals surface area contributed by atoms with Crippen LogP contribution in [0.1, 0.15) is 11.1 Å². The SMILES string of the molecule is COCc1ccc(NCc2ccccc2F)cc1Cl. The van der Waals surface area contributed by atoms with Crippen LogP contribution in [-0.2, 0) is 17.9 Å². The van der Waals surface area contributed by atoms with Crippen LogP contribution in [0.15, 0.2) is 42.5 Å². The third-order valence-electron chi connectivity index (χ3n) is 2.79. The highest BCUT2D eigenvalue weighted by molar-refractivity contribution is 6.31. The molecule has 0 atom stereocenters. The van der Waals surface area contributed by atoms with Crippen molar-refractivity contribution in [2.45, 2.75) is 13.2 Å². The first-order valence-corrected chi connectivity index (χ1v) is 6.33. The average molecular weight is 280 g/mol. The third-order valence-corrected chi connectivity index (χ3v) is 3.15. The Balaban J connectivity index is 2.04. The molecule has 0 bridgehead atoms. The molecule has 19 heavy (non-hydrogen) atoms. The molecular weight excluding hydrogens is 265 g/mol. The summed E-state index contributed by atoms with van der Waals surface area (Å²) in [4.78, 5) is 0. The molecule has 0 aromatic heterocycles. The lowest BCUT2D eigenvalue weighted by molar-refractivity contribution is 0.185. The number of methoxy groups -OCH3 is 1. The van der Waals surface area contributed by atoms with E-state index in [2.05, 4.69) is 5.32 Å². The van der Waals surface area contributed by atoms with E-state index < -0.39 is 0 Å². The molecule has 0 saturated heterocycles. The van der Waals surface area contributed by atoms with E-state index in [0.29, 0.717) is 23.7 Å². The number of nitrogens with one attached hydrogen (secondary N) is 1. The number of hydrogen-bond acceptors (Lipinski definition) is 2. The minimum atomic E-state index is -0.211. The van der Waals surface area contributed by atoms with E-state index in [4.69, 9.17) is 16.3 Å². The highest BCUT2D eigenvalue weighted by Crippen LogP contribution is 2.22. The summed E-state index contributed by atoms with van der Waals surface area (Å²) in [6.45, 7) is 0.902. The van der Waals surface area contributed by atoms with Gasteiger partial charge >= 0.3 is 0 Å².